The number of carbonyl (C=O) groups is 1. The summed E-state index contributed by atoms with van der Waals surface area (Å²) >= 11 is 0. The normalized spacial score (nSPS) is 13.9. The third-order valence-corrected chi connectivity index (χ3v) is 3.21. The van der Waals surface area contributed by atoms with Gasteiger partial charge < -0.3 is 20.2 Å². The van der Waals surface area contributed by atoms with Crippen molar-refractivity contribution in [3.63, 3.8) is 0 Å². The second-order valence-electron chi connectivity index (χ2n) is 5.57. The summed E-state index contributed by atoms with van der Waals surface area (Å²) in [5.41, 5.74) is 0.630. The molecule has 2 aromatic rings. The number of aliphatic hydroxyl groups is 1. The predicted octanol–water partition coefficient (Wildman–Crippen LogP) is 2.69. The lowest BCUT2D eigenvalue weighted by molar-refractivity contribution is 0.130. The number of aromatic nitrogens is 2. The van der Waals surface area contributed by atoms with Gasteiger partial charge in [0.2, 0.25) is 0 Å². The Bertz CT molecular complexity index is 592. The number of rotatable bonds is 6. The number of anilines is 1. The van der Waals surface area contributed by atoms with Crippen molar-refractivity contribution in [2.24, 2.45) is 0 Å². The van der Waals surface area contributed by atoms with E-state index in [0.717, 1.165) is 0 Å². The smallest absolute Gasteiger partial charge is 0.319 e. The van der Waals surface area contributed by atoms with Gasteiger partial charge in [-0.05, 0) is 32.9 Å². The lowest BCUT2D eigenvalue weighted by Gasteiger charge is -2.16. The molecule has 2 amide bonds. The van der Waals surface area contributed by atoms with E-state index in [4.69, 9.17) is 4.42 Å². The quantitative estimate of drug-likeness (QED) is 0.765. The van der Waals surface area contributed by atoms with Gasteiger partial charge in [0.15, 0.2) is 0 Å². The maximum atomic E-state index is 11.9. The summed E-state index contributed by atoms with van der Waals surface area (Å²) in [6.45, 7) is 5.84. The van der Waals surface area contributed by atoms with E-state index in [-0.39, 0.29) is 18.1 Å². The molecule has 2 heterocycles. The molecule has 22 heavy (non-hydrogen) atoms. The molecule has 2 aromatic heterocycles. The van der Waals surface area contributed by atoms with Crippen LogP contribution in [0.5, 0.6) is 0 Å². The van der Waals surface area contributed by atoms with E-state index in [0.29, 0.717) is 17.9 Å². The second-order valence-corrected chi connectivity index (χ2v) is 5.57. The fourth-order valence-corrected chi connectivity index (χ4v) is 2.07. The number of aliphatic hydroxyl groups excluding tert-OH is 1. The molecule has 0 aromatic carbocycles. The summed E-state index contributed by atoms with van der Waals surface area (Å²) in [7, 11) is 0. The van der Waals surface area contributed by atoms with Crippen molar-refractivity contribution in [3.8, 4) is 0 Å². The molecule has 0 saturated heterocycles. The van der Waals surface area contributed by atoms with Crippen LogP contribution in [0.4, 0.5) is 10.5 Å². The van der Waals surface area contributed by atoms with Crippen molar-refractivity contribution in [2.75, 3.05) is 5.32 Å². The first-order chi connectivity index (χ1) is 10.5. The predicted molar refractivity (Wildman–Crippen MR) is 82.5 cm³/mol. The molecule has 0 aliphatic heterocycles. The average molecular weight is 306 g/mol. The molecule has 0 aliphatic rings. The zero-order valence-corrected chi connectivity index (χ0v) is 13.0. The molecule has 0 fully saturated rings. The number of urea groups is 1. The van der Waals surface area contributed by atoms with Crippen LogP contribution in [0, 0.1) is 0 Å². The standard InChI is InChI=1S/C15H22N4O3/c1-10(2)19-9-12(8-16-19)18-15(21)17-11(3)7-13(20)14-5-4-6-22-14/h4-6,8-11,13,20H,7H2,1-3H3,(H2,17,18,21)/t11-,13-/m0/s1. The fourth-order valence-electron chi connectivity index (χ4n) is 2.07. The Morgan fingerprint density at radius 2 is 2.23 bits per heavy atom. The monoisotopic (exact) mass is 306 g/mol. The number of carbonyl (C=O) groups excluding carboxylic acids is 1. The fraction of sp³-hybridized carbons (Fsp3) is 0.467. The molecule has 0 spiro atoms. The van der Waals surface area contributed by atoms with E-state index in [2.05, 4.69) is 15.7 Å². The van der Waals surface area contributed by atoms with Gasteiger partial charge in [-0.2, -0.15) is 5.10 Å². The maximum absolute atomic E-state index is 11.9. The van der Waals surface area contributed by atoms with E-state index in [1.165, 1.54) is 6.26 Å². The highest BCUT2D eigenvalue weighted by atomic mass is 16.4. The topological polar surface area (TPSA) is 92.3 Å². The van der Waals surface area contributed by atoms with Crippen LogP contribution in [-0.4, -0.2) is 27.0 Å². The van der Waals surface area contributed by atoms with Gasteiger partial charge in [-0.15, -0.1) is 0 Å². The summed E-state index contributed by atoms with van der Waals surface area (Å²) in [5.74, 6) is 0.493. The number of furan rings is 1. The molecule has 0 aliphatic carbocycles. The zero-order chi connectivity index (χ0) is 16.1. The molecule has 7 nitrogen and oxygen atoms in total. The van der Waals surface area contributed by atoms with Gasteiger partial charge in [0.1, 0.15) is 11.9 Å². The van der Waals surface area contributed by atoms with Gasteiger partial charge in [0.25, 0.3) is 0 Å². The highest BCUT2D eigenvalue weighted by molar-refractivity contribution is 5.89. The van der Waals surface area contributed by atoms with E-state index in [1.807, 2.05) is 20.8 Å². The summed E-state index contributed by atoms with van der Waals surface area (Å²) in [6, 6.07) is 3.12. The molecule has 2 atom stereocenters. The van der Waals surface area contributed by atoms with Crippen LogP contribution in [0.25, 0.3) is 0 Å². The van der Waals surface area contributed by atoms with Crippen LogP contribution in [0.3, 0.4) is 0 Å². The summed E-state index contributed by atoms with van der Waals surface area (Å²) < 4.78 is 6.90. The van der Waals surface area contributed by atoms with Crippen LogP contribution in [0.2, 0.25) is 0 Å². The minimum Gasteiger partial charge on any atom is -0.467 e. The molecule has 0 unspecified atom stereocenters. The first-order valence-electron chi connectivity index (χ1n) is 7.29. The van der Waals surface area contributed by atoms with Gasteiger partial charge in [-0.1, -0.05) is 0 Å². The number of nitrogens with zero attached hydrogens (tertiary/aromatic N) is 2. The van der Waals surface area contributed by atoms with E-state index >= 15 is 0 Å². The van der Waals surface area contributed by atoms with Crippen LogP contribution < -0.4 is 10.6 Å². The van der Waals surface area contributed by atoms with Crippen LogP contribution in [0.1, 0.15) is 45.1 Å². The zero-order valence-electron chi connectivity index (χ0n) is 13.0. The van der Waals surface area contributed by atoms with Gasteiger partial charge in [-0.3, -0.25) is 4.68 Å². The van der Waals surface area contributed by atoms with Crippen molar-refractivity contribution < 1.29 is 14.3 Å². The number of hydrogen-bond acceptors (Lipinski definition) is 4. The molecule has 120 valence electrons. The van der Waals surface area contributed by atoms with E-state index in [9.17, 15) is 9.90 Å². The number of nitrogens with one attached hydrogen (secondary N) is 2. The summed E-state index contributed by atoms with van der Waals surface area (Å²) in [6.07, 6.45) is 4.50. The van der Waals surface area contributed by atoms with Crippen molar-refractivity contribution in [1.29, 1.82) is 0 Å². The largest absolute Gasteiger partial charge is 0.467 e. The number of hydrogen-bond donors (Lipinski definition) is 3. The Morgan fingerprint density at radius 1 is 1.45 bits per heavy atom. The van der Waals surface area contributed by atoms with Crippen molar-refractivity contribution >= 4 is 11.7 Å². The van der Waals surface area contributed by atoms with Crippen molar-refractivity contribution in [3.05, 3.63) is 36.5 Å². The first kappa shape index (κ1) is 16.1. The summed E-state index contributed by atoms with van der Waals surface area (Å²) in [5, 5.41) is 19.6. The number of amides is 2. The van der Waals surface area contributed by atoms with E-state index in [1.54, 1.807) is 29.2 Å². The molecule has 7 heteroatoms. The highest BCUT2D eigenvalue weighted by Crippen LogP contribution is 2.18. The molecule has 0 bridgehead atoms. The summed E-state index contributed by atoms with van der Waals surface area (Å²) in [4.78, 5) is 11.9. The molecule has 0 radical (unpaired) electrons. The Balaban J connectivity index is 1.80. The van der Waals surface area contributed by atoms with Gasteiger partial charge >= 0.3 is 6.03 Å². The van der Waals surface area contributed by atoms with Gasteiger partial charge in [0.05, 0.1) is 18.1 Å². The lowest BCUT2D eigenvalue weighted by atomic mass is 10.1. The maximum Gasteiger partial charge on any atom is 0.319 e. The molecular formula is C15H22N4O3. The lowest BCUT2D eigenvalue weighted by Crippen LogP contribution is -2.36. The molecule has 3 N–H and O–H groups in total. The first-order valence-corrected chi connectivity index (χ1v) is 7.29. The SMILES string of the molecule is CC(C)n1cc(NC(=O)N[C@@H](C)C[C@H](O)c2ccco2)cn1. The van der Waals surface area contributed by atoms with Crippen LogP contribution in [0.15, 0.2) is 35.2 Å². The molecular weight excluding hydrogens is 284 g/mol. The van der Waals surface area contributed by atoms with Crippen molar-refractivity contribution in [1.82, 2.24) is 15.1 Å². The van der Waals surface area contributed by atoms with E-state index < -0.39 is 6.10 Å². The third-order valence-electron chi connectivity index (χ3n) is 3.21. The Labute approximate surface area is 129 Å². The van der Waals surface area contributed by atoms with Gasteiger partial charge in [0, 0.05) is 24.7 Å². The van der Waals surface area contributed by atoms with Crippen molar-refractivity contribution in [2.45, 2.75) is 45.4 Å². The minimum atomic E-state index is -0.742. The van der Waals surface area contributed by atoms with Crippen LogP contribution >= 0.6 is 0 Å². The highest BCUT2D eigenvalue weighted by Gasteiger charge is 2.16. The van der Waals surface area contributed by atoms with Crippen LogP contribution in [-0.2, 0) is 0 Å². The Hall–Kier alpha value is -2.28. The minimum absolute atomic E-state index is 0.208. The Morgan fingerprint density at radius 3 is 2.82 bits per heavy atom. The third kappa shape index (κ3) is 4.36. The second kappa shape index (κ2) is 7.13. The molecule has 0 saturated carbocycles. The Kier molecular flexibility index (Phi) is 5.21. The average Bonchev–Trinajstić information content (AvgIpc) is 3.08. The van der Waals surface area contributed by atoms with Gasteiger partial charge in [-0.25, -0.2) is 4.79 Å². The molecule has 2 rings (SSSR count).